The molecule has 0 spiro atoms. The quantitative estimate of drug-likeness (QED) is 0.332. The molecular formula is C18H15N3O4S2. The molecule has 9 heteroatoms. The first-order chi connectivity index (χ1) is 13.1. The van der Waals surface area contributed by atoms with Crippen LogP contribution in [0.2, 0.25) is 0 Å². The molecule has 1 amide bonds. The first-order valence-corrected chi connectivity index (χ1v) is 9.74. The van der Waals surface area contributed by atoms with Crippen LogP contribution >= 0.6 is 23.5 Å². The van der Waals surface area contributed by atoms with Crippen LogP contribution in [0.3, 0.4) is 0 Å². The van der Waals surface area contributed by atoms with Crippen molar-refractivity contribution >= 4 is 52.0 Å². The Morgan fingerprint density at radius 2 is 2.04 bits per heavy atom. The second-order valence-electron chi connectivity index (χ2n) is 5.37. The summed E-state index contributed by atoms with van der Waals surface area (Å²) in [7, 11) is 0. The van der Waals surface area contributed by atoms with Crippen molar-refractivity contribution in [2.45, 2.75) is 4.90 Å². The predicted octanol–water partition coefficient (Wildman–Crippen LogP) is 3.57. The van der Waals surface area contributed by atoms with Gasteiger partial charge in [0.2, 0.25) is 0 Å². The number of para-hydroxylation sites is 1. The van der Waals surface area contributed by atoms with E-state index in [4.69, 9.17) is 5.11 Å². The Kier molecular flexibility index (Phi) is 6.28. The number of aliphatic imine (C=N–C) groups is 1. The van der Waals surface area contributed by atoms with Crippen molar-refractivity contribution in [1.82, 2.24) is 5.32 Å². The number of benzene rings is 2. The predicted molar refractivity (Wildman–Crippen MR) is 108 cm³/mol. The Bertz CT molecular complexity index is 929. The van der Waals surface area contributed by atoms with Crippen LogP contribution in [0.15, 0.2) is 63.3 Å². The van der Waals surface area contributed by atoms with Crippen LogP contribution in [-0.2, 0) is 4.79 Å². The van der Waals surface area contributed by atoms with Crippen molar-refractivity contribution < 1.29 is 14.8 Å². The lowest BCUT2D eigenvalue weighted by atomic mass is 10.2. The number of nitrogens with one attached hydrogen (secondary N) is 1. The molecule has 2 aromatic rings. The van der Waals surface area contributed by atoms with Crippen LogP contribution < -0.4 is 5.32 Å². The fourth-order valence-electron chi connectivity index (χ4n) is 2.30. The van der Waals surface area contributed by atoms with Gasteiger partial charge in [-0.25, -0.2) is 4.99 Å². The molecule has 1 aliphatic heterocycles. The third-order valence-electron chi connectivity index (χ3n) is 3.46. The maximum Gasteiger partial charge on any atom is 0.283 e. The van der Waals surface area contributed by atoms with Gasteiger partial charge in [-0.1, -0.05) is 24.3 Å². The number of nitro groups is 1. The van der Waals surface area contributed by atoms with E-state index in [0.29, 0.717) is 26.3 Å². The van der Waals surface area contributed by atoms with Crippen molar-refractivity contribution in [1.29, 1.82) is 0 Å². The normalized spacial score (nSPS) is 16.7. The molecule has 0 aliphatic carbocycles. The fourth-order valence-corrected chi connectivity index (χ4v) is 3.89. The molecule has 2 aromatic carbocycles. The molecule has 138 valence electrons. The SMILES string of the molecule is O=C1NC(=Nc2ccccc2)S/C1=C/c1ccc(SCCO)c([N+](=O)[O-])c1. The summed E-state index contributed by atoms with van der Waals surface area (Å²) >= 11 is 2.40. The van der Waals surface area contributed by atoms with Crippen molar-refractivity contribution in [3.63, 3.8) is 0 Å². The number of carbonyl (C=O) groups excluding carboxylic acids is 1. The molecule has 3 rings (SSSR count). The minimum absolute atomic E-state index is 0.0515. The number of amides is 1. The highest BCUT2D eigenvalue weighted by atomic mass is 32.2. The van der Waals surface area contributed by atoms with Gasteiger partial charge in [0.05, 0.1) is 27.0 Å². The summed E-state index contributed by atoms with van der Waals surface area (Å²) in [5.41, 5.74) is 1.22. The molecule has 0 atom stereocenters. The Morgan fingerprint density at radius 1 is 1.26 bits per heavy atom. The molecular weight excluding hydrogens is 386 g/mol. The number of hydrogen-bond acceptors (Lipinski definition) is 7. The average Bonchev–Trinajstić information content (AvgIpc) is 3.00. The van der Waals surface area contributed by atoms with Crippen LogP contribution in [0.25, 0.3) is 6.08 Å². The van der Waals surface area contributed by atoms with Crippen LogP contribution in [0.1, 0.15) is 5.56 Å². The molecule has 1 saturated heterocycles. The number of nitro benzene ring substituents is 1. The number of aliphatic hydroxyl groups excluding tert-OH is 1. The van der Waals surface area contributed by atoms with E-state index in [1.54, 1.807) is 18.2 Å². The second kappa shape index (κ2) is 8.85. The maximum atomic E-state index is 12.2. The average molecular weight is 401 g/mol. The zero-order chi connectivity index (χ0) is 19.2. The van der Waals surface area contributed by atoms with Crippen LogP contribution in [-0.4, -0.2) is 33.5 Å². The van der Waals surface area contributed by atoms with Gasteiger partial charge in [-0.15, -0.1) is 11.8 Å². The van der Waals surface area contributed by atoms with E-state index >= 15 is 0 Å². The topological polar surface area (TPSA) is 105 Å². The number of aliphatic hydroxyl groups is 1. The van der Waals surface area contributed by atoms with Crippen molar-refractivity contribution in [3.8, 4) is 0 Å². The van der Waals surface area contributed by atoms with E-state index in [9.17, 15) is 14.9 Å². The summed E-state index contributed by atoms with van der Waals surface area (Å²) in [6, 6.07) is 14.0. The summed E-state index contributed by atoms with van der Waals surface area (Å²) < 4.78 is 0. The van der Waals surface area contributed by atoms with E-state index in [1.807, 2.05) is 30.3 Å². The number of hydrogen-bond donors (Lipinski definition) is 2. The highest BCUT2D eigenvalue weighted by Crippen LogP contribution is 2.32. The third kappa shape index (κ3) is 4.97. The number of carbonyl (C=O) groups is 1. The summed E-state index contributed by atoms with van der Waals surface area (Å²) in [6.07, 6.45) is 1.60. The van der Waals surface area contributed by atoms with Gasteiger partial charge in [-0.05, 0) is 41.6 Å². The first-order valence-electron chi connectivity index (χ1n) is 7.93. The van der Waals surface area contributed by atoms with E-state index in [-0.39, 0.29) is 18.2 Å². The fraction of sp³-hybridized carbons (Fsp3) is 0.111. The smallest absolute Gasteiger partial charge is 0.283 e. The number of rotatable bonds is 6. The Morgan fingerprint density at radius 3 is 2.74 bits per heavy atom. The number of amidine groups is 1. The highest BCUT2D eigenvalue weighted by molar-refractivity contribution is 8.18. The van der Waals surface area contributed by atoms with Gasteiger partial charge in [0.25, 0.3) is 11.6 Å². The van der Waals surface area contributed by atoms with Gasteiger partial charge in [-0.3, -0.25) is 14.9 Å². The van der Waals surface area contributed by atoms with Crippen LogP contribution in [0, 0.1) is 10.1 Å². The lowest BCUT2D eigenvalue weighted by molar-refractivity contribution is -0.387. The molecule has 2 N–H and O–H groups in total. The van der Waals surface area contributed by atoms with Gasteiger partial charge in [0.1, 0.15) is 0 Å². The Balaban J connectivity index is 1.84. The summed E-state index contributed by atoms with van der Waals surface area (Å²) in [5, 5.41) is 23.4. The molecule has 1 fully saturated rings. The van der Waals surface area contributed by atoms with Gasteiger partial charge >= 0.3 is 0 Å². The molecule has 27 heavy (non-hydrogen) atoms. The maximum absolute atomic E-state index is 12.2. The van der Waals surface area contributed by atoms with Gasteiger partial charge < -0.3 is 10.4 Å². The Hall–Kier alpha value is -2.62. The van der Waals surface area contributed by atoms with E-state index in [0.717, 1.165) is 5.69 Å². The summed E-state index contributed by atoms with van der Waals surface area (Å²) in [6.45, 7) is -0.0615. The van der Waals surface area contributed by atoms with Crippen LogP contribution in [0.4, 0.5) is 11.4 Å². The molecule has 0 aromatic heterocycles. The Labute approximate surface area is 163 Å². The minimum atomic E-state index is -0.466. The lowest BCUT2D eigenvalue weighted by Gasteiger charge is -2.03. The molecule has 0 saturated carbocycles. The number of nitrogens with zero attached hydrogens (tertiary/aromatic N) is 2. The summed E-state index contributed by atoms with van der Waals surface area (Å²) in [4.78, 5) is 28.2. The van der Waals surface area contributed by atoms with Crippen molar-refractivity contribution in [2.24, 2.45) is 4.99 Å². The van der Waals surface area contributed by atoms with E-state index < -0.39 is 4.92 Å². The monoisotopic (exact) mass is 401 g/mol. The molecule has 0 unspecified atom stereocenters. The van der Waals surface area contributed by atoms with Gasteiger partial charge in [-0.2, -0.15) is 0 Å². The van der Waals surface area contributed by atoms with Gasteiger partial charge in [0.15, 0.2) is 5.17 Å². The van der Waals surface area contributed by atoms with E-state index in [1.165, 1.54) is 29.6 Å². The highest BCUT2D eigenvalue weighted by Gasteiger charge is 2.24. The number of thioether (sulfide) groups is 2. The molecule has 7 nitrogen and oxygen atoms in total. The van der Waals surface area contributed by atoms with Crippen molar-refractivity contribution in [3.05, 3.63) is 69.1 Å². The molecule has 0 radical (unpaired) electrons. The summed E-state index contributed by atoms with van der Waals surface area (Å²) in [5.74, 6) is 0.0785. The lowest BCUT2D eigenvalue weighted by Crippen LogP contribution is -2.19. The minimum Gasteiger partial charge on any atom is -0.396 e. The molecule has 0 bridgehead atoms. The van der Waals surface area contributed by atoms with E-state index in [2.05, 4.69) is 10.3 Å². The zero-order valence-electron chi connectivity index (χ0n) is 14.0. The standard InChI is InChI=1S/C18H15N3O4S2/c22-8-9-26-15-7-6-12(10-14(15)21(24)25)11-16-17(23)20-18(27-16)19-13-4-2-1-3-5-13/h1-7,10-11,22H,8-9H2,(H,19,20,23)/b16-11+. The third-order valence-corrected chi connectivity index (χ3v) is 5.42. The molecule has 1 heterocycles. The zero-order valence-corrected chi connectivity index (χ0v) is 15.6. The second-order valence-corrected chi connectivity index (χ2v) is 7.54. The van der Waals surface area contributed by atoms with Crippen LogP contribution in [0.5, 0.6) is 0 Å². The molecule has 1 aliphatic rings. The van der Waals surface area contributed by atoms with Gasteiger partial charge in [0, 0.05) is 11.8 Å². The van der Waals surface area contributed by atoms with Crippen molar-refractivity contribution in [2.75, 3.05) is 12.4 Å². The largest absolute Gasteiger partial charge is 0.396 e. The first kappa shape index (κ1) is 19.2.